The van der Waals surface area contributed by atoms with Crippen LogP contribution in [0.1, 0.15) is 5.56 Å². The number of fused-ring (bicyclic) bond motifs is 1. The number of hydrogen-bond donors (Lipinski definition) is 1. The third-order valence-corrected chi connectivity index (χ3v) is 4.52. The highest BCUT2D eigenvalue weighted by atomic mass is 19.1. The highest BCUT2D eigenvalue weighted by Gasteiger charge is 2.15. The average Bonchev–Trinajstić information content (AvgIpc) is 2.72. The van der Waals surface area contributed by atoms with Gasteiger partial charge in [0.15, 0.2) is 5.82 Å². The van der Waals surface area contributed by atoms with Crippen LogP contribution in [0.5, 0.6) is 5.75 Å². The molecule has 0 aliphatic rings. The lowest BCUT2D eigenvalue weighted by Gasteiger charge is -2.14. The second-order valence-corrected chi connectivity index (χ2v) is 6.48. The average molecular weight is 374 g/mol. The first-order chi connectivity index (χ1) is 13.6. The zero-order chi connectivity index (χ0) is 19.7. The maximum Gasteiger partial charge on any atom is 0.163 e. The minimum absolute atomic E-state index is 0.272. The quantitative estimate of drug-likeness (QED) is 0.553. The molecule has 2 aromatic heterocycles. The van der Waals surface area contributed by atoms with E-state index in [9.17, 15) is 4.39 Å². The Balaban J connectivity index is 1.98. The molecule has 2 heterocycles. The van der Waals surface area contributed by atoms with E-state index in [1.807, 2.05) is 37.3 Å². The number of aromatic nitrogens is 3. The molecular formula is C22H19FN4O. The number of halogens is 1. The Kier molecular flexibility index (Phi) is 4.61. The van der Waals surface area contributed by atoms with E-state index >= 15 is 0 Å². The molecular weight excluding hydrogens is 355 g/mol. The number of ether oxygens (including phenoxy) is 1. The van der Waals surface area contributed by atoms with Gasteiger partial charge in [-0.05, 0) is 60.0 Å². The lowest BCUT2D eigenvalue weighted by molar-refractivity contribution is 0.419. The van der Waals surface area contributed by atoms with Gasteiger partial charge in [-0.25, -0.2) is 14.4 Å². The van der Waals surface area contributed by atoms with Crippen LogP contribution in [-0.2, 0) is 0 Å². The van der Waals surface area contributed by atoms with E-state index in [0.717, 1.165) is 27.6 Å². The molecule has 0 radical (unpaired) electrons. The van der Waals surface area contributed by atoms with Crippen LogP contribution in [0.3, 0.4) is 0 Å². The van der Waals surface area contributed by atoms with Crippen LogP contribution >= 0.6 is 0 Å². The van der Waals surface area contributed by atoms with Crippen molar-refractivity contribution in [2.45, 2.75) is 6.92 Å². The first-order valence-electron chi connectivity index (χ1n) is 8.84. The van der Waals surface area contributed by atoms with Crippen molar-refractivity contribution in [1.29, 1.82) is 0 Å². The molecule has 2 aromatic carbocycles. The Labute approximate surface area is 162 Å². The summed E-state index contributed by atoms with van der Waals surface area (Å²) in [5, 5.41) is 3.93. The molecule has 0 aliphatic heterocycles. The number of aryl methyl sites for hydroxylation is 1. The lowest BCUT2D eigenvalue weighted by Crippen LogP contribution is -2.01. The zero-order valence-corrected chi connectivity index (χ0v) is 15.8. The number of pyridine rings is 1. The van der Waals surface area contributed by atoms with Gasteiger partial charge < -0.3 is 10.1 Å². The van der Waals surface area contributed by atoms with E-state index in [1.165, 1.54) is 12.1 Å². The molecule has 1 N–H and O–H groups in total. The number of hydrogen-bond acceptors (Lipinski definition) is 5. The monoisotopic (exact) mass is 374 g/mol. The minimum Gasteiger partial charge on any atom is -0.494 e. The van der Waals surface area contributed by atoms with Crippen LogP contribution in [0, 0.1) is 12.7 Å². The Bertz CT molecular complexity index is 1140. The van der Waals surface area contributed by atoms with Crippen LogP contribution in [0.25, 0.3) is 33.4 Å². The Morgan fingerprint density at radius 3 is 2.50 bits per heavy atom. The van der Waals surface area contributed by atoms with E-state index in [0.29, 0.717) is 22.9 Å². The highest BCUT2D eigenvalue weighted by Crippen LogP contribution is 2.36. The van der Waals surface area contributed by atoms with E-state index < -0.39 is 0 Å². The van der Waals surface area contributed by atoms with E-state index in [4.69, 9.17) is 9.72 Å². The summed E-state index contributed by atoms with van der Waals surface area (Å²) in [7, 11) is 3.40. The van der Waals surface area contributed by atoms with Gasteiger partial charge in [-0.15, -0.1) is 0 Å². The molecule has 0 aliphatic carbocycles. The van der Waals surface area contributed by atoms with Crippen LogP contribution in [0.2, 0.25) is 0 Å². The van der Waals surface area contributed by atoms with Gasteiger partial charge in [0.25, 0.3) is 0 Å². The first kappa shape index (κ1) is 17.9. The number of rotatable bonds is 4. The van der Waals surface area contributed by atoms with Gasteiger partial charge in [0.05, 0.1) is 7.11 Å². The summed E-state index contributed by atoms with van der Waals surface area (Å²) in [4.78, 5) is 13.5. The fraction of sp³-hybridized carbons (Fsp3) is 0.136. The molecule has 0 atom stereocenters. The number of nitrogens with zero attached hydrogens (tertiary/aromatic N) is 3. The van der Waals surface area contributed by atoms with Crippen LogP contribution in [0.4, 0.5) is 10.2 Å². The lowest BCUT2D eigenvalue weighted by atomic mass is 10.0. The summed E-state index contributed by atoms with van der Waals surface area (Å²) in [5.74, 6) is 1.54. The minimum atomic E-state index is -0.272. The number of methoxy groups -OCH3 is 1. The van der Waals surface area contributed by atoms with Crippen molar-refractivity contribution in [2.24, 2.45) is 0 Å². The largest absolute Gasteiger partial charge is 0.494 e. The van der Waals surface area contributed by atoms with Gasteiger partial charge in [-0.1, -0.05) is 6.07 Å². The van der Waals surface area contributed by atoms with E-state index in [2.05, 4.69) is 15.3 Å². The zero-order valence-electron chi connectivity index (χ0n) is 15.8. The molecule has 0 saturated heterocycles. The van der Waals surface area contributed by atoms with Crippen molar-refractivity contribution in [1.82, 2.24) is 15.0 Å². The summed E-state index contributed by atoms with van der Waals surface area (Å²) in [6.07, 6.45) is 3.42. The first-order valence-corrected chi connectivity index (χ1v) is 8.84. The predicted octanol–water partition coefficient (Wildman–Crippen LogP) is 4.86. The highest BCUT2D eigenvalue weighted by molar-refractivity contribution is 5.97. The molecule has 4 aromatic rings. The Morgan fingerprint density at radius 1 is 1.00 bits per heavy atom. The smallest absolute Gasteiger partial charge is 0.163 e. The number of nitrogens with one attached hydrogen (secondary N) is 1. The summed E-state index contributed by atoms with van der Waals surface area (Å²) >= 11 is 0. The van der Waals surface area contributed by atoms with Gasteiger partial charge in [0.1, 0.15) is 22.9 Å². The van der Waals surface area contributed by atoms with Crippen molar-refractivity contribution in [3.8, 4) is 28.3 Å². The second-order valence-electron chi connectivity index (χ2n) is 6.48. The molecule has 0 spiro atoms. The maximum absolute atomic E-state index is 13.9. The predicted molar refractivity (Wildman–Crippen MR) is 109 cm³/mol. The summed E-state index contributed by atoms with van der Waals surface area (Å²) in [6, 6.07) is 12.5. The van der Waals surface area contributed by atoms with Gasteiger partial charge in [-0.3, -0.25) is 4.98 Å². The van der Waals surface area contributed by atoms with E-state index in [1.54, 1.807) is 26.6 Å². The second kappa shape index (κ2) is 7.23. The Hall–Kier alpha value is -3.54. The van der Waals surface area contributed by atoms with Crippen LogP contribution < -0.4 is 10.1 Å². The summed E-state index contributed by atoms with van der Waals surface area (Å²) < 4.78 is 19.5. The van der Waals surface area contributed by atoms with Gasteiger partial charge >= 0.3 is 0 Å². The fourth-order valence-corrected chi connectivity index (χ4v) is 3.24. The number of benzene rings is 2. The Morgan fingerprint density at radius 2 is 1.82 bits per heavy atom. The molecule has 4 rings (SSSR count). The van der Waals surface area contributed by atoms with Crippen LogP contribution in [0.15, 0.2) is 54.9 Å². The van der Waals surface area contributed by atoms with E-state index in [-0.39, 0.29) is 5.82 Å². The van der Waals surface area contributed by atoms with Crippen LogP contribution in [-0.4, -0.2) is 29.1 Å². The van der Waals surface area contributed by atoms with Gasteiger partial charge in [-0.2, -0.15) is 0 Å². The van der Waals surface area contributed by atoms with Gasteiger partial charge in [0.2, 0.25) is 0 Å². The normalized spacial score (nSPS) is 10.9. The third-order valence-electron chi connectivity index (χ3n) is 4.52. The van der Waals surface area contributed by atoms with Crippen molar-refractivity contribution in [3.05, 3.63) is 66.2 Å². The summed E-state index contributed by atoms with van der Waals surface area (Å²) in [6.45, 7) is 1.87. The standard InChI is InChI=1S/C22H19FN4O/c1-13-7-15(9-17(23)8-13)16-10-18-20(19(11-16)28-3)26-21(27-22(18)24-2)14-5-4-6-25-12-14/h4-12H,1-3H3,(H,24,26,27). The third kappa shape index (κ3) is 3.24. The SMILES string of the molecule is CNc1nc(-c2cccnc2)nc2c(OC)cc(-c3cc(C)cc(F)c3)cc12. The molecule has 0 fully saturated rings. The molecule has 0 amide bonds. The van der Waals surface area contributed by atoms with Gasteiger partial charge in [0, 0.05) is 30.4 Å². The molecule has 28 heavy (non-hydrogen) atoms. The summed E-state index contributed by atoms with van der Waals surface area (Å²) in [5.41, 5.74) is 3.95. The molecule has 0 unspecified atom stereocenters. The molecule has 0 saturated carbocycles. The fourth-order valence-electron chi connectivity index (χ4n) is 3.24. The van der Waals surface area contributed by atoms with Crippen molar-refractivity contribution in [3.63, 3.8) is 0 Å². The van der Waals surface area contributed by atoms with Crippen molar-refractivity contribution >= 4 is 16.7 Å². The molecule has 140 valence electrons. The van der Waals surface area contributed by atoms with Crippen molar-refractivity contribution < 1.29 is 9.13 Å². The topological polar surface area (TPSA) is 59.9 Å². The molecule has 5 nitrogen and oxygen atoms in total. The van der Waals surface area contributed by atoms with Crippen molar-refractivity contribution in [2.75, 3.05) is 19.5 Å². The molecule has 0 bridgehead atoms. The maximum atomic E-state index is 13.9. The number of anilines is 1. The molecule has 6 heteroatoms.